The normalized spacial score (nSPS) is 16.6. The number of ketones is 1. The minimum Gasteiger partial charge on any atom is -0.344 e. The molecule has 0 saturated carbocycles. The molecular weight excluding hydrogens is 590 g/mol. The van der Waals surface area contributed by atoms with Crippen LogP contribution in [0.2, 0.25) is 0 Å². The van der Waals surface area contributed by atoms with Gasteiger partial charge < -0.3 is 10.6 Å². The maximum Gasteiger partial charge on any atom is 0.260 e. The molecule has 3 heterocycles. The van der Waals surface area contributed by atoms with E-state index in [4.69, 9.17) is 0 Å². The average molecular weight is 622 g/mol. The Kier molecular flexibility index (Phi) is 8.63. The molecule has 2 N–H and O–H groups in total. The molecular formula is C34H31N5O5S. The molecule has 10 nitrogen and oxygen atoms in total. The second-order valence-corrected chi connectivity index (χ2v) is 12.9. The lowest BCUT2D eigenvalue weighted by molar-refractivity contribution is -0.128. The van der Waals surface area contributed by atoms with Crippen molar-refractivity contribution >= 4 is 49.3 Å². The molecule has 2 amide bonds. The maximum absolute atomic E-state index is 13.8. The summed E-state index contributed by atoms with van der Waals surface area (Å²) in [5.41, 5.74) is 1.94. The first-order valence-electron chi connectivity index (χ1n) is 14.7. The lowest BCUT2D eigenvalue weighted by Crippen LogP contribution is -2.53. The van der Waals surface area contributed by atoms with E-state index in [0.29, 0.717) is 12.0 Å². The van der Waals surface area contributed by atoms with Gasteiger partial charge in [0.15, 0.2) is 10.8 Å². The van der Waals surface area contributed by atoms with Gasteiger partial charge in [-0.15, -0.1) is 0 Å². The molecule has 1 saturated heterocycles. The predicted octanol–water partition coefficient (Wildman–Crippen LogP) is 3.66. The highest BCUT2D eigenvalue weighted by atomic mass is 32.2. The van der Waals surface area contributed by atoms with Crippen LogP contribution >= 0.6 is 0 Å². The summed E-state index contributed by atoms with van der Waals surface area (Å²) in [6.07, 6.45) is 3.85. The summed E-state index contributed by atoms with van der Waals surface area (Å²) in [5.74, 6) is -1.40. The lowest BCUT2D eigenvalue weighted by Gasteiger charge is -2.23. The molecule has 1 aliphatic heterocycles. The Hall–Kier alpha value is -5.00. The van der Waals surface area contributed by atoms with E-state index in [9.17, 15) is 22.8 Å². The summed E-state index contributed by atoms with van der Waals surface area (Å²) >= 11 is 0. The summed E-state index contributed by atoms with van der Waals surface area (Å²) < 4.78 is 27.4. The first-order valence-corrected chi connectivity index (χ1v) is 16.1. The number of nitrogens with zero attached hydrogens (tertiary/aromatic N) is 3. The molecule has 2 aromatic heterocycles. The summed E-state index contributed by atoms with van der Waals surface area (Å²) in [6.45, 7) is -0.276. The first-order chi connectivity index (χ1) is 21.8. The number of Topliss-reactive ketones (excluding diaryl/α,β-unsaturated/α-hetero) is 1. The van der Waals surface area contributed by atoms with Crippen molar-refractivity contribution in [3.8, 4) is 0 Å². The molecule has 0 bridgehead atoms. The van der Waals surface area contributed by atoms with E-state index in [2.05, 4.69) is 20.6 Å². The Balaban J connectivity index is 1.22. The topological polar surface area (TPSA) is 138 Å². The van der Waals surface area contributed by atoms with Gasteiger partial charge in [-0.1, -0.05) is 54.6 Å². The summed E-state index contributed by atoms with van der Waals surface area (Å²) in [4.78, 5) is 48.8. The van der Waals surface area contributed by atoms with Crippen LogP contribution < -0.4 is 10.6 Å². The minimum absolute atomic E-state index is 0.116. The lowest BCUT2D eigenvalue weighted by atomic mass is 10.00. The first kappa shape index (κ1) is 30.0. The van der Waals surface area contributed by atoms with Crippen LogP contribution in [0, 0.1) is 0 Å². The van der Waals surface area contributed by atoms with Crippen LogP contribution in [0.15, 0.2) is 108 Å². The van der Waals surface area contributed by atoms with Crippen LogP contribution in [0.25, 0.3) is 21.7 Å². The number of benzene rings is 3. The number of amides is 2. The van der Waals surface area contributed by atoms with Gasteiger partial charge in [-0.3, -0.25) is 19.4 Å². The molecule has 1 fully saturated rings. The smallest absolute Gasteiger partial charge is 0.260 e. The van der Waals surface area contributed by atoms with Crippen molar-refractivity contribution in [3.63, 3.8) is 0 Å². The van der Waals surface area contributed by atoms with Crippen molar-refractivity contribution in [1.82, 2.24) is 24.9 Å². The third kappa shape index (κ3) is 6.74. The predicted molar refractivity (Wildman–Crippen MR) is 170 cm³/mol. The average Bonchev–Trinajstić information content (AvgIpc) is 3.25. The molecule has 6 rings (SSSR count). The van der Waals surface area contributed by atoms with Crippen LogP contribution in [0.4, 0.5) is 0 Å². The molecule has 0 spiro atoms. The molecule has 45 heavy (non-hydrogen) atoms. The second-order valence-electron chi connectivity index (χ2n) is 11.0. The molecule has 0 aliphatic carbocycles. The summed E-state index contributed by atoms with van der Waals surface area (Å²) in [7, 11) is -3.98. The molecule has 228 valence electrons. The van der Waals surface area contributed by atoms with Gasteiger partial charge in [0, 0.05) is 36.3 Å². The number of fused-ring (bicyclic) bond motifs is 2. The van der Waals surface area contributed by atoms with Crippen LogP contribution in [-0.4, -0.2) is 65.5 Å². The second kappa shape index (κ2) is 12.9. The van der Waals surface area contributed by atoms with Crippen molar-refractivity contribution in [2.24, 2.45) is 0 Å². The van der Waals surface area contributed by atoms with Gasteiger partial charge in [0.2, 0.25) is 5.91 Å². The number of hydrogen-bond donors (Lipinski definition) is 2. The Morgan fingerprint density at radius 3 is 2.47 bits per heavy atom. The summed E-state index contributed by atoms with van der Waals surface area (Å²) in [5, 5.41) is 8.38. The number of nitrogens with one attached hydrogen (secondary N) is 2. The molecule has 3 aromatic carbocycles. The Bertz CT molecular complexity index is 2000. The third-order valence-corrected chi connectivity index (χ3v) is 9.68. The van der Waals surface area contributed by atoms with Crippen molar-refractivity contribution in [1.29, 1.82) is 0 Å². The molecule has 5 aromatic rings. The highest BCUT2D eigenvalue weighted by molar-refractivity contribution is 7.89. The molecule has 0 radical (unpaired) electrons. The van der Waals surface area contributed by atoms with Crippen LogP contribution in [0.1, 0.15) is 28.8 Å². The molecule has 11 heteroatoms. The Labute approximate surface area is 260 Å². The van der Waals surface area contributed by atoms with Crippen molar-refractivity contribution < 1.29 is 22.8 Å². The van der Waals surface area contributed by atoms with Crippen LogP contribution in [-0.2, 0) is 26.0 Å². The van der Waals surface area contributed by atoms with Gasteiger partial charge in [0.25, 0.3) is 15.9 Å². The van der Waals surface area contributed by atoms with Gasteiger partial charge in [0.1, 0.15) is 6.04 Å². The standard InChI is InChI=1S/C34H31N5O5S/c40-31-22-39(45(43,44)32-11-3-4-16-36-32)18-6-10-29(31)37-34(42)30(20-23-12-13-24-7-1-2-8-25(24)19-23)38-33(41)27-14-15-28-26(21-27)9-5-17-35-28/h1-5,7-9,11-17,19,21,29-30H,6,10,18,20,22H2,(H,37,42)(H,38,41)/t29-,30-/m0/s1. The van der Waals surface area contributed by atoms with E-state index in [0.717, 1.165) is 31.5 Å². The van der Waals surface area contributed by atoms with Gasteiger partial charge in [-0.05, 0) is 65.6 Å². The number of carbonyl (C=O) groups excluding carboxylic acids is 3. The van der Waals surface area contributed by atoms with Crippen LogP contribution in [0.3, 0.4) is 0 Å². The number of aromatic nitrogens is 2. The third-order valence-electron chi connectivity index (χ3n) is 7.92. The Morgan fingerprint density at radius 2 is 1.64 bits per heavy atom. The van der Waals surface area contributed by atoms with Crippen molar-refractivity contribution in [3.05, 3.63) is 115 Å². The molecule has 1 aliphatic rings. The zero-order valence-electron chi connectivity index (χ0n) is 24.3. The number of carbonyl (C=O) groups is 3. The van der Waals surface area contributed by atoms with Gasteiger partial charge in [-0.25, -0.2) is 13.4 Å². The highest BCUT2D eigenvalue weighted by Gasteiger charge is 2.34. The monoisotopic (exact) mass is 621 g/mol. The van der Waals surface area contributed by atoms with E-state index in [-0.39, 0.29) is 24.4 Å². The highest BCUT2D eigenvalue weighted by Crippen LogP contribution is 2.20. The fourth-order valence-electron chi connectivity index (χ4n) is 5.53. The zero-order chi connectivity index (χ0) is 31.4. The van der Waals surface area contributed by atoms with E-state index >= 15 is 0 Å². The number of sulfonamides is 1. The Morgan fingerprint density at radius 1 is 0.867 bits per heavy atom. The fraction of sp³-hybridized carbons (Fsp3) is 0.206. The summed E-state index contributed by atoms with van der Waals surface area (Å²) in [6, 6.07) is 25.1. The number of rotatable bonds is 8. The quantitative estimate of drug-likeness (QED) is 0.270. The molecule has 2 atom stereocenters. The molecule has 0 unspecified atom stereocenters. The minimum atomic E-state index is -3.98. The van der Waals surface area contributed by atoms with Crippen molar-refractivity contribution in [2.45, 2.75) is 36.4 Å². The fourth-order valence-corrected chi connectivity index (χ4v) is 6.90. The van der Waals surface area contributed by atoms with E-state index < -0.39 is 46.2 Å². The number of pyridine rings is 2. The van der Waals surface area contributed by atoms with Crippen molar-refractivity contribution in [2.75, 3.05) is 13.1 Å². The largest absolute Gasteiger partial charge is 0.344 e. The maximum atomic E-state index is 13.8. The van der Waals surface area contributed by atoms with Crippen LogP contribution in [0.5, 0.6) is 0 Å². The van der Waals surface area contributed by atoms with E-state index in [1.54, 1.807) is 42.6 Å². The van der Waals surface area contributed by atoms with Gasteiger partial charge in [-0.2, -0.15) is 4.31 Å². The SMILES string of the molecule is O=C(N[C@@H](Cc1ccc2ccccc2c1)C(=O)N[C@H]1CCCN(S(=O)(=O)c2ccccn2)CC1=O)c1ccc2ncccc2c1. The number of hydrogen-bond acceptors (Lipinski definition) is 7. The van der Waals surface area contributed by atoms with Gasteiger partial charge in [0.05, 0.1) is 18.1 Å². The zero-order valence-corrected chi connectivity index (χ0v) is 25.1. The van der Waals surface area contributed by atoms with E-state index in [1.165, 1.54) is 12.3 Å². The van der Waals surface area contributed by atoms with Gasteiger partial charge >= 0.3 is 0 Å². The van der Waals surface area contributed by atoms with E-state index in [1.807, 2.05) is 48.5 Å².